The van der Waals surface area contributed by atoms with Crippen LogP contribution in [-0.2, 0) is 6.42 Å². The molecule has 1 saturated carbocycles. The van der Waals surface area contributed by atoms with E-state index in [0.717, 1.165) is 6.42 Å². The van der Waals surface area contributed by atoms with Gasteiger partial charge in [0.2, 0.25) is 0 Å². The van der Waals surface area contributed by atoms with Gasteiger partial charge in [0.05, 0.1) is 10.6 Å². The van der Waals surface area contributed by atoms with Crippen LogP contribution in [0.3, 0.4) is 0 Å². The van der Waals surface area contributed by atoms with Crippen LogP contribution in [0, 0.1) is 16.7 Å². The van der Waals surface area contributed by atoms with Gasteiger partial charge in [0.15, 0.2) is 0 Å². The standard InChI is InChI=1S/C12H12ClN/c1-12(4-5-12)7-9-2-3-10(8-14)11(13)6-9/h2-3,6H,4-5,7H2,1H3. The molecule has 0 N–H and O–H groups in total. The van der Waals surface area contributed by atoms with E-state index in [4.69, 9.17) is 16.9 Å². The van der Waals surface area contributed by atoms with E-state index in [-0.39, 0.29) is 0 Å². The molecule has 1 aromatic rings. The lowest BCUT2D eigenvalue weighted by Gasteiger charge is -2.08. The van der Waals surface area contributed by atoms with Crippen LogP contribution in [0.2, 0.25) is 5.02 Å². The van der Waals surface area contributed by atoms with E-state index in [2.05, 4.69) is 13.0 Å². The van der Waals surface area contributed by atoms with Gasteiger partial charge in [0, 0.05) is 0 Å². The van der Waals surface area contributed by atoms with E-state index in [1.54, 1.807) is 0 Å². The molecule has 0 atom stereocenters. The molecule has 2 rings (SSSR count). The molecule has 0 amide bonds. The maximum absolute atomic E-state index is 8.72. The highest BCUT2D eigenvalue weighted by atomic mass is 35.5. The SMILES string of the molecule is CC1(Cc2ccc(C#N)c(Cl)c2)CC1. The molecule has 1 aliphatic carbocycles. The summed E-state index contributed by atoms with van der Waals surface area (Å²) in [6.45, 7) is 2.29. The highest BCUT2D eigenvalue weighted by molar-refractivity contribution is 6.31. The van der Waals surface area contributed by atoms with E-state index in [1.807, 2.05) is 18.2 Å². The summed E-state index contributed by atoms with van der Waals surface area (Å²) < 4.78 is 0. The second-order valence-electron chi connectivity index (χ2n) is 4.41. The minimum absolute atomic E-state index is 0.498. The van der Waals surface area contributed by atoms with Gasteiger partial charge in [-0.05, 0) is 42.4 Å². The minimum atomic E-state index is 0.498. The molecule has 0 spiro atoms. The Kier molecular flexibility index (Phi) is 2.25. The highest BCUT2D eigenvalue weighted by Crippen LogP contribution is 2.47. The number of halogens is 1. The largest absolute Gasteiger partial charge is 0.192 e. The average Bonchev–Trinajstić information content (AvgIpc) is 2.84. The Bertz CT molecular complexity index is 399. The second kappa shape index (κ2) is 3.29. The lowest BCUT2D eigenvalue weighted by atomic mass is 9.98. The van der Waals surface area contributed by atoms with Crippen molar-refractivity contribution in [3.8, 4) is 6.07 Å². The number of hydrogen-bond donors (Lipinski definition) is 0. The summed E-state index contributed by atoms with van der Waals surface area (Å²) in [6, 6.07) is 7.81. The van der Waals surface area contributed by atoms with Crippen molar-refractivity contribution in [2.75, 3.05) is 0 Å². The van der Waals surface area contributed by atoms with Crippen molar-refractivity contribution in [1.82, 2.24) is 0 Å². The zero-order valence-electron chi connectivity index (χ0n) is 8.18. The molecule has 0 unspecified atom stereocenters. The van der Waals surface area contributed by atoms with Gasteiger partial charge >= 0.3 is 0 Å². The van der Waals surface area contributed by atoms with Gasteiger partial charge in [-0.25, -0.2) is 0 Å². The third kappa shape index (κ3) is 1.91. The molecule has 0 aliphatic heterocycles. The van der Waals surface area contributed by atoms with Gasteiger partial charge in [-0.1, -0.05) is 24.6 Å². The quantitative estimate of drug-likeness (QED) is 0.725. The van der Waals surface area contributed by atoms with Crippen molar-refractivity contribution in [3.05, 3.63) is 34.3 Å². The monoisotopic (exact) mass is 205 g/mol. The Labute approximate surface area is 89.3 Å². The molecular formula is C12H12ClN. The van der Waals surface area contributed by atoms with E-state index < -0.39 is 0 Å². The smallest absolute Gasteiger partial charge is 0.101 e. The lowest BCUT2D eigenvalue weighted by Crippen LogP contribution is -1.98. The predicted molar refractivity (Wildman–Crippen MR) is 57.2 cm³/mol. The molecule has 0 bridgehead atoms. The first-order valence-electron chi connectivity index (χ1n) is 4.81. The first kappa shape index (κ1) is 9.55. The van der Waals surface area contributed by atoms with Gasteiger partial charge < -0.3 is 0 Å². The molecular weight excluding hydrogens is 194 g/mol. The van der Waals surface area contributed by atoms with Crippen LogP contribution in [0.25, 0.3) is 0 Å². The Morgan fingerprint density at radius 3 is 2.71 bits per heavy atom. The minimum Gasteiger partial charge on any atom is -0.192 e. The second-order valence-corrected chi connectivity index (χ2v) is 4.82. The first-order chi connectivity index (χ1) is 6.63. The zero-order chi connectivity index (χ0) is 10.2. The fraction of sp³-hybridized carbons (Fsp3) is 0.417. The highest BCUT2D eigenvalue weighted by Gasteiger charge is 2.36. The van der Waals surface area contributed by atoms with Crippen molar-refractivity contribution in [3.63, 3.8) is 0 Å². The Morgan fingerprint density at radius 2 is 2.21 bits per heavy atom. The summed E-state index contributed by atoms with van der Waals surface area (Å²) in [6.07, 6.45) is 3.70. The number of benzene rings is 1. The Morgan fingerprint density at radius 1 is 1.50 bits per heavy atom. The molecule has 1 aliphatic rings. The summed E-state index contributed by atoms with van der Waals surface area (Å²) >= 11 is 5.96. The predicted octanol–water partition coefficient (Wildman–Crippen LogP) is 3.55. The number of nitrogens with zero attached hydrogens (tertiary/aromatic N) is 1. The molecule has 1 fully saturated rings. The Hall–Kier alpha value is -1.00. The summed E-state index contributed by atoms with van der Waals surface area (Å²) in [5.41, 5.74) is 2.31. The molecule has 14 heavy (non-hydrogen) atoms. The van der Waals surface area contributed by atoms with E-state index in [1.165, 1.54) is 18.4 Å². The number of nitriles is 1. The van der Waals surface area contributed by atoms with E-state index >= 15 is 0 Å². The molecule has 0 radical (unpaired) electrons. The molecule has 1 aromatic carbocycles. The lowest BCUT2D eigenvalue weighted by molar-refractivity contribution is 0.570. The van der Waals surface area contributed by atoms with Crippen LogP contribution in [0.1, 0.15) is 30.9 Å². The molecule has 0 heterocycles. The van der Waals surface area contributed by atoms with Crippen molar-refractivity contribution >= 4 is 11.6 Å². The van der Waals surface area contributed by atoms with Gasteiger partial charge in [-0.3, -0.25) is 0 Å². The van der Waals surface area contributed by atoms with E-state index in [9.17, 15) is 0 Å². The van der Waals surface area contributed by atoms with Gasteiger partial charge in [0.25, 0.3) is 0 Å². The fourth-order valence-corrected chi connectivity index (χ4v) is 1.89. The summed E-state index contributed by atoms with van der Waals surface area (Å²) in [5.74, 6) is 0. The summed E-state index contributed by atoms with van der Waals surface area (Å²) in [5, 5.41) is 9.30. The molecule has 1 nitrogen and oxygen atoms in total. The maximum Gasteiger partial charge on any atom is 0.101 e. The van der Waals surface area contributed by atoms with Gasteiger partial charge in [0.1, 0.15) is 6.07 Å². The topological polar surface area (TPSA) is 23.8 Å². The Balaban J connectivity index is 2.21. The molecule has 0 saturated heterocycles. The van der Waals surface area contributed by atoms with Crippen molar-refractivity contribution in [2.45, 2.75) is 26.2 Å². The molecule has 2 heteroatoms. The van der Waals surface area contributed by atoms with Crippen molar-refractivity contribution in [2.24, 2.45) is 5.41 Å². The fourth-order valence-electron chi connectivity index (χ4n) is 1.64. The van der Waals surface area contributed by atoms with Crippen LogP contribution >= 0.6 is 11.6 Å². The summed E-state index contributed by atoms with van der Waals surface area (Å²) in [7, 11) is 0. The van der Waals surface area contributed by atoms with Crippen LogP contribution < -0.4 is 0 Å². The molecule has 72 valence electrons. The van der Waals surface area contributed by atoms with Crippen molar-refractivity contribution < 1.29 is 0 Å². The van der Waals surface area contributed by atoms with Gasteiger partial charge in [-0.15, -0.1) is 0 Å². The van der Waals surface area contributed by atoms with Crippen LogP contribution in [0.4, 0.5) is 0 Å². The first-order valence-corrected chi connectivity index (χ1v) is 5.19. The summed E-state index contributed by atoms with van der Waals surface area (Å²) in [4.78, 5) is 0. The average molecular weight is 206 g/mol. The van der Waals surface area contributed by atoms with Crippen LogP contribution in [-0.4, -0.2) is 0 Å². The van der Waals surface area contributed by atoms with Crippen molar-refractivity contribution in [1.29, 1.82) is 5.26 Å². The normalized spacial score (nSPS) is 17.5. The van der Waals surface area contributed by atoms with E-state index in [0.29, 0.717) is 16.0 Å². The third-order valence-electron chi connectivity index (χ3n) is 2.89. The number of hydrogen-bond acceptors (Lipinski definition) is 1. The number of rotatable bonds is 2. The maximum atomic E-state index is 8.72. The zero-order valence-corrected chi connectivity index (χ0v) is 8.93. The van der Waals surface area contributed by atoms with Crippen LogP contribution in [0.5, 0.6) is 0 Å². The van der Waals surface area contributed by atoms with Crippen LogP contribution in [0.15, 0.2) is 18.2 Å². The molecule has 0 aromatic heterocycles. The van der Waals surface area contributed by atoms with Gasteiger partial charge in [-0.2, -0.15) is 5.26 Å². The third-order valence-corrected chi connectivity index (χ3v) is 3.20.